The zero-order chi connectivity index (χ0) is 18.5. The lowest BCUT2D eigenvalue weighted by Crippen LogP contribution is -2.36. The molecule has 0 aliphatic rings. The van der Waals surface area contributed by atoms with Gasteiger partial charge in [-0.15, -0.1) is 0 Å². The summed E-state index contributed by atoms with van der Waals surface area (Å²) in [5.74, 6) is -0.0350. The van der Waals surface area contributed by atoms with E-state index in [1.807, 2.05) is 74.4 Å². The summed E-state index contributed by atoms with van der Waals surface area (Å²) < 4.78 is 1.70. The Hall–Kier alpha value is -2.99. The number of aryl methyl sites for hydroxylation is 1. The first kappa shape index (κ1) is 17.8. The van der Waals surface area contributed by atoms with Crippen molar-refractivity contribution in [2.75, 3.05) is 14.1 Å². The van der Waals surface area contributed by atoms with E-state index in [1.54, 1.807) is 11.0 Å². The first-order chi connectivity index (χ1) is 12.6. The van der Waals surface area contributed by atoms with E-state index < -0.39 is 0 Å². The number of rotatable bonds is 6. The highest BCUT2D eigenvalue weighted by Crippen LogP contribution is 2.20. The van der Waals surface area contributed by atoms with Crippen LogP contribution in [0.15, 0.2) is 61.2 Å². The molecule has 1 N–H and O–H groups in total. The highest BCUT2D eigenvalue weighted by atomic mass is 16.2. The number of carbonyl (C=O) groups is 1. The minimum absolute atomic E-state index is 0.0350. The molecule has 0 saturated heterocycles. The number of likely N-dealkylation sites (N-methyl/N-ethyl adjacent to an activating group) is 1. The second-order valence-corrected chi connectivity index (χ2v) is 6.46. The molecule has 6 nitrogen and oxygen atoms in total. The zero-order valence-electron chi connectivity index (χ0n) is 15.3. The molecule has 3 rings (SSSR count). The van der Waals surface area contributed by atoms with E-state index in [1.165, 1.54) is 11.9 Å². The van der Waals surface area contributed by atoms with Crippen LogP contribution in [0.3, 0.4) is 0 Å². The van der Waals surface area contributed by atoms with Gasteiger partial charge in [-0.25, -0.2) is 9.67 Å². The number of nitrogens with zero attached hydrogens (tertiary/aromatic N) is 4. The van der Waals surface area contributed by atoms with Crippen molar-refractivity contribution in [3.8, 4) is 5.69 Å². The van der Waals surface area contributed by atoms with Crippen molar-refractivity contribution < 1.29 is 4.79 Å². The zero-order valence-corrected chi connectivity index (χ0v) is 15.3. The Morgan fingerprint density at radius 1 is 1.15 bits per heavy atom. The van der Waals surface area contributed by atoms with Gasteiger partial charge in [-0.3, -0.25) is 9.69 Å². The number of carbonyl (C=O) groups excluding carboxylic acids is 1. The summed E-state index contributed by atoms with van der Waals surface area (Å²) in [6.45, 7) is 2.46. The number of benzene rings is 2. The molecule has 134 valence electrons. The highest BCUT2D eigenvalue weighted by molar-refractivity contribution is 5.83. The third kappa shape index (κ3) is 3.97. The molecular weight excluding hydrogens is 326 g/mol. The van der Waals surface area contributed by atoms with Crippen molar-refractivity contribution in [3.63, 3.8) is 0 Å². The Morgan fingerprint density at radius 3 is 2.54 bits per heavy atom. The van der Waals surface area contributed by atoms with Crippen molar-refractivity contribution in [2.24, 2.45) is 0 Å². The van der Waals surface area contributed by atoms with E-state index in [-0.39, 0.29) is 11.9 Å². The number of amides is 1. The fourth-order valence-corrected chi connectivity index (χ4v) is 2.93. The predicted molar refractivity (Wildman–Crippen MR) is 101 cm³/mol. The monoisotopic (exact) mass is 349 g/mol. The summed E-state index contributed by atoms with van der Waals surface area (Å²) in [7, 11) is 3.82. The fraction of sp³-hybridized carbons (Fsp3) is 0.250. The number of aromatic nitrogens is 3. The molecule has 0 aliphatic heterocycles. The molecule has 0 radical (unpaired) electrons. The topological polar surface area (TPSA) is 63.1 Å². The number of nitrogens with one attached hydrogen (secondary N) is 1. The maximum atomic E-state index is 12.9. The van der Waals surface area contributed by atoms with E-state index in [0.29, 0.717) is 6.54 Å². The maximum Gasteiger partial charge on any atom is 0.242 e. The van der Waals surface area contributed by atoms with Crippen LogP contribution in [-0.4, -0.2) is 39.7 Å². The van der Waals surface area contributed by atoms with Crippen molar-refractivity contribution in [2.45, 2.75) is 19.5 Å². The van der Waals surface area contributed by atoms with Crippen molar-refractivity contribution in [1.82, 2.24) is 25.0 Å². The molecule has 3 aromatic rings. The lowest BCUT2D eigenvalue weighted by atomic mass is 10.0. The Kier molecular flexibility index (Phi) is 5.43. The van der Waals surface area contributed by atoms with Gasteiger partial charge in [-0.1, -0.05) is 48.0 Å². The molecule has 6 heteroatoms. The summed E-state index contributed by atoms with van der Waals surface area (Å²) in [6.07, 6.45) is 3.14. The molecule has 0 spiro atoms. The van der Waals surface area contributed by atoms with E-state index in [2.05, 4.69) is 15.4 Å². The molecule has 2 aromatic carbocycles. The summed E-state index contributed by atoms with van der Waals surface area (Å²) in [4.78, 5) is 18.8. The van der Waals surface area contributed by atoms with Crippen LogP contribution in [0.1, 0.15) is 22.7 Å². The molecule has 0 fully saturated rings. The van der Waals surface area contributed by atoms with Gasteiger partial charge in [-0.05, 0) is 38.2 Å². The van der Waals surface area contributed by atoms with Gasteiger partial charge in [0.05, 0.1) is 5.69 Å². The lowest BCUT2D eigenvalue weighted by Gasteiger charge is -2.24. The van der Waals surface area contributed by atoms with Gasteiger partial charge < -0.3 is 5.32 Å². The van der Waals surface area contributed by atoms with Crippen LogP contribution in [-0.2, 0) is 11.3 Å². The summed E-state index contributed by atoms with van der Waals surface area (Å²) in [5.41, 5.74) is 4.03. The normalized spacial score (nSPS) is 12.2. The first-order valence-electron chi connectivity index (χ1n) is 8.50. The van der Waals surface area contributed by atoms with Crippen LogP contribution >= 0.6 is 0 Å². The largest absolute Gasteiger partial charge is 0.350 e. The number of hydrogen-bond donors (Lipinski definition) is 1. The highest BCUT2D eigenvalue weighted by Gasteiger charge is 2.22. The Labute approximate surface area is 153 Å². The second kappa shape index (κ2) is 7.93. The molecule has 0 bridgehead atoms. The van der Waals surface area contributed by atoms with Crippen LogP contribution in [0.2, 0.25) is 0 Å². The average Bonchev–Trinajstić information content (AvgIpc) is 3.16. The van der Waals surface area contributed by atoms with Gasteiger partial charge in [0.1, 0.15) is 18.7 Å². The quantitative estimate of drug-likeness (QED) is 0.743. The molecule has 1 heterocycles. The van der Waals surface area contributed by atoms with Gasteiger partial charge >= 0.3 is 0 Å². The minimum Gasteiger partial charge on any atom is -0.350 e. The van der Waals surface area contributed by atoms with Crippen molar-refractivity contribution in [1.29, 1.82) is 0 Å². The molecule has 26 heavy (non-hydrogen) atoms. The Morgan fingerprint density at radius 2 is 1.88 bits per heavy atom. The van der Waals surface area contributed by atoms with Gasteiger partial charge in [-0.2, -0.15) is 5.10 Å². The van der Waals surface area contributed by atoms with Gasteiger partial charge in [0.25, 0.3) is 0 Å². The summed E-state index contributed by atoms with van der Waals surface area (Å²) >= 11 is 0. The van der Waals surface area contributed by atoms with Crippen LogP contribution in [0, 0.1) is 6.92 Å². The Bertz CT molecular complexity index is 856. The van der Waals surface area contributed by atoms with Crippen LogP contribution in [0.5, 0.6) is 0 Å². The summed E-state index contributed by atoms with van der Waals surface area (Å²) in [5, 5.41) is 7.23. The van der Waals surface area contributed by atoms with E-state index in [0.717, 1.165) is 16.8 Å². The van der Waals surface area contributed by atoms with Crippen LogP contribution in [0.4, 0.5) is 0 Å². The van der Waals surface area contributed by atoms with E-state index in [9.17, 15) is 4.79 Å². The number of hydrogen-bond acceptors (Lipinski definition) is 4. The molecule has 1 atom stereocenters. The Balaban J connectivity index is 1.76. The first-order valence-corrected chi connectivity index (χ1v) is 8.50. The average molecular weight is 349 g/mol. The third-order valence-electron chi connectivity index (χ3n) is 4.27. The van der Waals surface area contributed by atoms with Crippen LogP contribution < -0.4 is 5.32 Å². The molecule has 0 unspecified atom stereocenters. The molecule has 1 amide bonds. The van der Waals surface area contributed by atoms with Gasteiger partial charge in [0.2, 0.25) is 5.91 Å². The van der Waals surface area contributed by atoms with Crippen molar-refractivity contribution >= 4 is 5.91 Å². The third-order valence-corrected chi connectivity index (χ3v) is 4.27. The SMILES string of the molecule is Cc1ccc([C@@H](C(=O)NCc2ccccc2-n2cncn2)N(C)C)cc1. The smallest absolute Gasteiger partial charge is 0.242 e. The molecule has 1 aromatic heterocycles. The number of para-hydroxylation sites is 1. The lowest BCUT2D eigenvalue weighted by molar-refractivity contribution is -0.125. The van der Waals surface area contributed by atoms with Crippen LogP contribution in [0.25, 0.3) is 5.69 Å². The van der Waals surface area contributed by atoms with Gasteiger partial charge in [0, 0.05) is 6.54 Å². The molecule has 0 aliphatic carbocycles. The van der Waals surface area contributed by atoms with Gasteiger partial charge in [0.15, 0.2) is 0 Å². The van der Waals surface area contributed by atoms with Crippen molar-refractivity contribution in [3.05, 3.63) is 77.9 Å². The summed E-state index contributed by atoms with van der Waals surface area (Å²) in [6, 6.07) is 15.6. The predicted octanol–water partition coefficient (Wildman–Crippen LogP) is 2.49. The van der Waals surface area contributed by atoms with E-state index >= 15 is 0 Å². The molecule has 0 saturated carbocycles. The molecular formula is C20H23N5O. The second-order valence-electron chi connectivity index (χ2n) is 6.46. The maximum absolute atomic E-state index is 12.9. The standard InChI is InChI=1S/C20H23N5O/c1-15-8-10-16(11-9-15)19(24(2)3)20(26)22-12-17-6-4-5-7-18(17)25-14-21-13-23-25/h4-11,13-14,19H,12H2,1-3H3,(H,22,26)/t19-/m0/s1. The van der Waals surface area contributed by atoms with E-state index in [4.69, 9.17) is 0 Å². The fourth-order valence-electron chi connectivity index (χ4n) is 2.93. The minimum atomic E-state index is -0.339.